The third-order valence-corrected chi connectivity index (χ3v) is 6.85. The third-order valence-electron chi connectivity index (χ3n) is 6.85. The topological polar surface area (TPSA) is 0 Å². The van der Waals surface area contributed by atoms with Crippen LogP contribution in [0.25, 0.3) is 32.3 Å². The van der Waals surface area contributed by atoms with Crippen molar-refractivity contribution in [2.45, 2.75) is 0 Å². The maximum absolute atomic E-state index is 13.1. The lowest BCUT2D eigenvalue weighted by molar-refractivity contribution is 0.395. The molecule has 0 unspecified atom stereocenters. The monoisotopic (exact) mass is 830 g/mol. The van der Waals surface area contributed by atoms with Crippen LogP contribution in [0.2, 0.25) is 0 Å². The highest BCUT2D eigenvalue weighted by Gasteiger charge is 2.33. The summed E-state index contributed by atoms with van der Waals surface area (Å²) in [4.78, 5) is 0. The molecule has 6 rings (SSSR count). The molecule has 6 aromatic rings. The maximum Gasteiger partial charge on any atom is 0.198 e. The molecule has 0 fully saturated rings. The summed E-state index contributed by atoms with van der Waals surface area (Å²) < 4.78 is 311. The molecule has 0 radical (unpaired) electrons. The van der Waals surface area contributed by atoms with E-state index in [0.29, 0.717) is 0 Å². The van der Waals surface area contributed by atoms with Crippen LogP contribution in [-0.2, 0) is 0 Å². The van der Waals surface area contributed by atoms with E-state index in [4.69, 9.17) is 0 Å². The van der Waals surface area contributed by atoms with Gasteiger partial charge in [-0.15, -0.1) is 0 Å². The minimum Gasteiger partial charge on any atom is -0.203 e. The molecular weight excluding hydrogens is 827 g/mol. The van der Waals surface area contributed by atoms with Gasteiger partial charge in [0, 0.05) is 0 Å². The molecular formula is C30H3BF24. The Balaban J connectivity index is 0.000000220. The molecule has 55 heavy (non-hydrogen) atoms. The van der Waals surface area contributed by atoms with E-state index in [1.165, 1.54) is 0 Å². The molecule has 25 heteroatoms. The van der Waals surface area contributed by atoms with Crippen LogP contribution in [0, 0.1) is 140 Å². The Morgan fingerprint density at radius 2 is 0.164 bits per heavy atom. The molecule has 0 aromatic heterocycles. The van der Waals surface area contributed by atoms with Crippen molar-refractivity contribution in [3.63, 3.8) is 0 Å². The fourth-order valence-electron chi connectivity index (χ4n) is 4.37. The van der Waals surface area contributed by atoms with Crippen molar-refractivity contribution >= 4 is 40.7 Å². The Bertz CT molecular complexity index is 1980. The van der Waals surface area contributed by atoms with Crippen LogP contribution in [0.15, 0.2) is 0 Å². The van der Waals surface area contributed by atoms with E-state index in [0.717, 1.165) is 0 Å². The van der Waals surface area contributed by atoms with E-state index in [-0.39, 0.29) is 8.41 Å². The number of halogens is 24. The van der Waals surface area contributed by atoms with Crippen molar-refractivity contribution in [3.8, 4) is 0 Å². The molecule has 6 aromatic carbocycles. The fraction of sp³-hybridized carbons (Fsp3) is 0. The van der Waals surface area contributed by atoms with Crippen molar-refractivity contribution in [3.05, 3.63) is 140 Å². The average Bonchev–Trinajstić information content (AvgIpc) is 3.14. The molecule has 0 N–H and O–H groups in total. The first-order valence-corrected chi connectivity index (χ1v) is 12.8. The first kappa shape index (κ1) is 43.9. The van der Waals surface area contributed by atoms with E-state index < -0.39 is 172 Å². The quantitative estimate of drug-likeness (QED) is 0.0619. The van der Waals surface area contributed by atoms with Gasteiger partial charge in [-0.05, 0) is 0 Å². The molecule has 0 heterocycles. The van der Waals surface area contributed by atoms with Crippen molar-refractivity contribution < 1.29 is 105 Å². The van der Waals surface area contributed by atoms with Crippen LogP contribution in [0.4, 0.5) is 105 Å². The summed E-state index contributed by atoms with van der Waals surface area (Å²) in [6.07, 6.45) is 0. The van der Waals surface area contributed by atoms with Crippen LogP contribution >= 0.6 is 0 Å². The van der Waals surface area contributed by atoms with E-state index in [1.54, 1.807) is 0 Å². The van der Waals surface area contributed by atoms with Gasteiger partial charge in [0.15, 0.2) is 140 Å². The summed E-state index contributed by atoms with van der Waals surface area (Å²) in [5, 5.41) is -11.0. The van der Waals surface area contributed by atoms with E-state index >= 15 is 0 Å². The highest BCUT2D eigenvalue weighted by Crippen LogP contribution is 2.36. The summed E-state index contributed by atoms with van der Waals surface area (Å²) in [7, 11) is 0. The zero-order valence-corrected chi connectivity index (χ0v) is 24.1. The molecule has 294 valence electrons. The molecule has 0 nitrogen and oxygen atoms in total. The number of hydrogen-bond acceptors (Lipinski definition) is 0. The molecule has 0 spiro atoms. The summed E-state index contributed by atoms with van der Waals surface area (Å²) in [5.74, 6) is -57.6. The second-order valence-corrected chi connectivity index (χ2v) is 9.79. The van der Waals surface area contributed by atoms with Gasteiger partial charge in [-0.3, -0.25) is 0 Å². The zero-order valence-electron chi connectivity index (χ0n) is 24.1. The predicted octanol–water partition coefficient (Wildman–Crippen LogP) is 10.7. The van der Waals surface area contributed by atoms with Crippen molar-refractivity contribution in [1.29, 1.82) is 0 Å². The highest BCUT2D eigenvalue weighted by molar-refractivity contribution is 5.87. The standard InChI is InChI=1S/3C10F8.BH3/c3*11-3-1-2(5(13)9(17)7(3)15)6(14)10(18)8(16)4(1)12;/h;;;1H3. The van der Waals surface area contributed by atoms with Gasteiger partial charge in [0.2, 0.25) is 0 Å². The first-order chi connectivity index (χ1) is 24.9. The third kappa shape index (κ3) is 6.55. The molecule has 0 saturated carbocycles. The van der Waals surface area contributed by atoms with Gasteiger partial charge < -0.3 is 0 Å². The van der Waals surface area contributed by atoms with Crippen molar-refractivity contribution in [2.24, 2.45) is 0 Å². The minimum absolute atomic E-state index is 0. The Kier molecular flexibility index (Phi) is 12.2. The molecule has 0 saturated heterocycles. The summed E-state index contributed by atoms with van der Waals surface area (Å²) in [6, 6.07) is 0. The summed E-state index contributed by atoms with van der Waals surface area (Å²) in [5.41, 5.74) is 0. The van der Waals surface area contributed by atoms with Crippen molar-refractivity contribution in [2.75, 3.05) is 0 Å². The van der Waals surface area contributed by atoms with Gasteiger partial charge in [0.1, 0.15) is 0 Å². The Hall–Kier alpha value is -5.52. The second kappa shape index (κ2) is 15.3. The number of hydrogen-bond donors (Lipinski definition) is 0. The highest BCUT2D eigenvalue weighted by atomic mass is 19.2. The van der Waals surface area contributed by atoms with E-state index in [1.807, 2.05) is 0 Å². The van der Waals surface area contributed by atoms with Crippen LogP contribution in [0.1, 0.15) is 0 Å². The minimum atomic E-state index is -2.45. The Labute approximate surface area is 286 Å². The van der Waals surface area contributed by atoms with Gasteiger partial charge in [0.05, 0.1) is 40.7 Å². The Morgan fingerprint density at radius 1 is 0.109 bits per heavy atom. The summed E-state index contributed by atoms with van der Waals surface area (Å²) >= 11 is 0. The SMILES string of the molecule is B.Fc1c(F)c(F)c2c(F)c(F)c(F)c(F)c2c1F.Fc1c(F)c(F)c2c(F)c(F)c(F)c(F)c2c1F.Fc1c(F)c(F)c2c(F)c(F)c(F)c(F)c2c1F. The fourth-order valence-corrected chi connectivity index (χ4v) is 4.37. The smallest absolute Gasteiger partial charge is 0.198 e. The molecule has 0 aliphatic rings. The van der Waals surface area contributed by atoms with Crippen LogP contribution in [-0.4, -0.2) is 8.41 Å². The van der Waals surface area contributed by atoms with Gasteiger partial charge in [0.25, 0.3) is 0 Å². The number of rotatable bonds is 0. The van der Waals surface area contributed by atoms with Gasteiger partial charge in [-0.25, -0.2) is 105 Å². The lowest BCUT2D eigenvalue weighted by Crippen LogP contribution is -2.06. The van der Waals surface area contributed by atoms with Gasteiger partial charge in [-0.2, -0.15) is 0 Å². The van der Waals surface area contributed by atoms with Gasteiger partial charge >= 0.3 is 0 Å². The van der Waals surface area contributed by atoms with Crippen LogP contribution in [0.5, 0.6) is 0 Å². The molecule has 0 amide bonds. The van der Waals surface area contributed by atoms with Crippen LogP contribution < -0.4 is 0 Å². The average molecular weight is 830 g/mol. The normalized spacial score (nSPS) is 11.1. The molecule has 0 aliphatic heterocycles. The van der Waals surface area contributed by atoms with E-state index in [9.17, 15) is 105 Å². The molecule has 0 atom stereocenters. The first-order valence-electron chi connectivity index (χ1n) is 12.8. The lowest BCUT2D eigenvalue weighted by atomic mass is 10.1. The Morgan fingerprint density at radius 3 is 0.218 bits per heavy atom. The predicted molar refractivity (Wildman–Crippen MR) is 141 cm³/mol. The zero-order chi connectivity index (χ0) is 41.3. The number of fused-ring (bicyclic) bond motifs is 3. The maximum atomic E-state index is 13.1. The van der Waals surface area contributed by atoms with Crippen LogP contribution in [0.3, 0.4) is 0 Å². The largest absolute Gasteiger partial charge is 0.203 e. The van der Waals surface area contributed by atoms with Gasteiger partial charge in [-0.1, -0.05) is 0 Å². The van der Waals surface area contributed by atoms with Crippen molar-refractivity contribution in [1.82, 2.24) is 0 Å². The lowest BCUT2D eigenvalue weighted by Gasteiger charge is -2.08. The number of benzene rings is 6. The summed E-state index contributed by atoms with van der Waals surface area (Å²) in [6.45, 7) is 0. The second-order valence-electron chi connectivity index (χ2n) is 9.79. The molecule has 0 aliphatic carbocycles. The van der Waals surface area contributed by atoms with E-state index in [2.05, 4.69) is 0 Å². The molecule has 0 bridgehead atoms.